The van der Waals surface area contributed by atoms with Gasteiger partial charge in [0.2, 0.25) is 23.6 Å². The first kappa shape index (κ1) is 59.2. The quantitative estimate of drug-likeness (QED) is 0.0204. The van der Waals surface area contributed by atoms with E-state index < -0.39 is 22.1 Å². The van der Waals surface area contributed by atoms with Crippen molar-refractivity contribution >= 4 is 90.5 Å². The highest BCUT2D eigenvalue weighted by atomic mass is 32.2. The van der Waals surface area contributed by atoms with Crippen molar-refractivity contribution in [3.05, 3.63) is 93.5 Å². The zero-order valence-corrected chi connectivity index (χ0v) is 47.9. The van der Waals surface area contributed by atoms with E-state index in [1.165, 1.54) is 23.5 Å². The number of benzene rings is 4. The monoisotopic (exact) mass is 1120 g/mol. The smallest absolute Gasteiger partial charge is 0.262 e. The van der Waals surface area contributed by atoms with Crippen LogP contribution < -0.4 is 21.8 Å². The van der Waals surface area contributed by atoms with Gasteiger partial charge in [-0.2, -0.15) is 0 Å². The van der Waals surface area contributed by atoms with E-state index >= 15 is 0 Å². The third-order valence-corrected chi connectivity index (χ3v) is 17.3. The van der Waals surface area contributed by atoms with Gasteiger partial charge in [0.1, 0.15) is 11.6 Å². The van der Waals surface area contributed by atoms with Gasteiger partial charge in [0.25, 0.3) is 11.1 Å². The molecule has 18 nitrogen and oxygen atoms in total. The minimum absolute atomic E-state index is 0.117. The number of amides is 4. The molecule has 6 aromatic rings. The van der Waals surface area contributed by atoms with E-state index in [4.69, 9.17) is 28.9 Å². The Balaban J connectivity index is 0.684. The summed E-state index contributed by atoms with van der Waals surface area (Å²) in [6.45, 7) is 14.7. The molecule has 2 fully saturated rings. The molecule has 424 valence electrons. The molecule has 2 unspecified atom stereocenters. The number of carbonyl (C=O) groups is 4. The molecule has 0 bridgehead atoms. The predicted octanol–water partition coefficient (Wildman–Crippen LogP) is 7.35. The summed E-state index contributed by atoms with van der Waals surface area (Å²) in [4.78, 5) is 96.2. The van der Waals surface area contributed by atoms with Crippen LogP contribution in [0.25, 0.3) is 43.4 Å². The number of fused-ring (bicyclic) bond motifs is 4. The zero-order valence-electron chi connectivity index (χ0n) is 46.3. The number of nitrogens with zero attached hydrogens (tertiary/aromatic N) is 6. The molecule has 79 heavy (non-hydrogen) atoms. The summed E-state index contributed by atoms with van der Waals surface area (Å²) in [5, 5.41) is 10.9. The van der Waals surface area contributed by atoms with Gasteiger partial charge in [-0.3, -0.25) is 37.9 Å². The van der Waals surface area contributed by atoms with Crippen molar-refractivity contribution in [1.82, 2.24) is 39.5 Å². The number of hydrogen-bond donors (Lipinski definition) is 2. The summed E-state index contributed by atoms with van der Waals surface area (Å²) in [6.07, 6.45) is 5.18. The summed E-state index contributed by atoms with van der Waals surface area (Å²) in [5.41, 5.74) is -0.0959. The van der Waals surface area contributed by atoms with Crippen LogP contribution in [-0.4, -0.2) is 154 Å². The van der Waals surface area contributed by atoms with Gasteiger partial charge < -0.3 is 39.4 Å². The van der Waals surface area contributed by atoms with Crippen molar-refractivity contribution in [2.24, 2.45) is 0 Å². The maximum atomic E-state index is 14.3. The van der Waals surface area contributed by atoms with Gasteiger partial charge in [0.05, 0.1) is 85.2 Å². The molecule has 2 aromatic heterocycles. The molecule has 4 atom stereocenters. The molecular weight excluding hydrogens is 1040 g/mol. The van der Waals surface area contributed by atoms with E-state index in [1.54, 1.807) is 18.9 Å². The third-order valence-electron chi connectivity index (χ3n) is 14.8. The summed E-state index contributed by atoms with van der Waals surface area (Å²) in [7, 11) is 0. The highest BCUT2D eigenvalue weighted by Gasteiger charge is 2.47. The highest BCUT2D eigenvalue weighted by molar-refractivity contribution is 8.00. The molecule has 4 aromatic carbocycles. The topological polar surface area (TPSA) is 206 Å². The fraction of sp³-hybridized carbons (Fsp3) is 0.525. The van der Waals surface area contributed by atoms with Crippen LogP contribution in [-0.2, 0) is 51.2 Å². The molecule has 0 spiro atoms. The SMILES string of the molecule is CCCC(Sc1nc2cc3ccccc3cc2c(=O)n1CC)C(=O)N1CCC[C@@H]1C(=O)NCCOCCOCCOCCOCCNC(=O)[C@@]1(C)CCCN1C(=O)C(CCC)Sc1nc2cc3ccccc3cc2c(=O)n1CC. The zero-order chi connectivity index (χ0) is 55.9. The minimum atomic E-state index is -1.02. The Kier molecular flexibility index (Phi) is 21.4. The number of thioether (sulfide) groups is 2. The van der Waals surface area contributed by atoms with Crippen molar-refractivity contribution in [2.75, 3.05) is 79.0 Å². The van der Waals surface area contributed by atoms with E-state index in [1.807, 2.05) is 107 Å². The van der Waals surface area contributed by atoms with E-state index in [-0.39, 0.29) is 54.5 Å². The summed E-state index contributed by atoms with van der Waals surface area (Å²) in [6, 6.07) is 22.8. The Morgan fingerprint density at radius 3 is 1.56 bits per heavy atom. The molecular formula is C59H76N8O10S2. The third kappa shape index (κ3) is 14.2. The molecule has 0 saturated carbocycles. The molecule has 2 aliphatic rings. The predicted molar refractivity (Wildman–Crippen MR) is 311 cm³/mol. The summed E-state index contributed by atoms with van der Waals surface area (Å²) < 4.78 is 26.0. The Labute approximate surface area is 470 Å². The normalized spacial score (nSPS) is 17.3. The highest BCUT2D eigenvalue weighted by Crippen LogP contribution is 2.36. The second-order valence-corrected chi connectivity index (χ2v) is 22.5. The Hall–Kier alpha value is -5.90. The van der Waals surface area contributed by atoms with Crippen molar-refractivity contribution in [3.8, 4) is 0 Å². The van der Waals surface area contributed by atoms with Crippen LogP contribution in [0.3, 0.4) is 0 Å². The van der Waals surface area contributed by atoms with Crippen molar-refractivity contribution in [3.63, 3.8) is 0 Å². The van der Waals surface area contributed by atoms with Gasteiger partial charge in [0, 0.05) is 39.3 Å². The lowest BCUT2D eigenvalue weighted by Gasteiger charge is -2.36. The van der Waals surface area contributed by atoms with Crippen LogP contribution in [0.2, 0.25) is 0 Å². The number of ether oxygens (including phenoxy) is 4. The van der Waals surface area contributed by atoms with Crippen molar-refractivity contribution in [1.29, 1.82) is 0 Å². The van der Waals surface area contributed by atoms with Crippen LogP contribution in [0, 0.1) is 0 Å². The molecule has 0 radical (unpaired) electrons. The first-order valence-electron chi connectivity index (χ1n) is 28.1. The molecule has 2 saturated heterocycles. The largest absolute Gasteiger partial charge is 0.377 e. The lowest BCUT2D eigenvalue weighted by molar-refractivity contribution is -0.143. The molecule has 8 rings (SSSR count). The average molecular weight is 1120 g/mol. The average Bonchev–Trinajstić information content (AvgIpc) is 4.15. The van der Waals surface area contributed by atoms with Crippen LogP contribution in [0.1, 0.15) is 86.0 Å². The summed E-state index contributed by atoms with van der Waals surface area (Å²) >= 11 is 2.62. The second kappa shape index (κ2) is 28.5. The van der Waals surface area contributed by atoms with Gasteiger partial charge in [-0.1, -0.05) is 98.7 Å². The van der Waals surface area contributed by atoms with Gasteiger partial charge in [0.15, 0.2) is 10.3 Å². The van der Waals surface area contributed by atoms with Crippen molar-refractivity contribution in [2.45, 2.75) is 131 Å². The van der Waals surface area contributed by atoms with Gasteiger partial charge in [-0.05, 0) is 105 Å². The number of hydrogen-bond acceptors (Lipinski definition) is 14. The number of aromatic nitrogens is 4. The molecule has 4 amide bonds. The van der Waals surface area contributed by atoms with E-state index in [2.05, 4.69) is 10.6 Å². The Morgan fingerprint density at radius 1 is 0.620 bits per heavy atom. The summed E-state index contributed by atoms with van der Waals surface area (Å²) in [5.74, 6) is -0.678. The van der Waals surface area contributed by atoms with Gasteiger partial charge in [-0.25, -0.2) is 9.97 Å². The molecule has 4 heterocycles. The fourth-order valence-corrected chi connectivity index (χ4v) is 13.2. The van der Waals surface area contributed by atoms with Gasteiger partial charge >= 0.3 is 0 Å². The number of carbonyl (C=O) groups excluding carboxylic acids is 4. The van der Waals surface area contributed by atoms with Gasteiger partial charge in [-0.15, -0.1) is 0 Å². The number of rotatable bonds is 29. The van der Waals surface area contributed by atoms with Crippen LogP contribution in [0.4, 0.5) is 0 Å². The molecule has 2 N–H and O–H groups in total. The Bertz CT molecular complexity index is 3230. The first-order chi connectivity index (χ1) is 38.4. The molecule has 0 aliphatic carbocycles. The molecule has 2 aliphatic heterocycles. The van der Waals surface area contributed by atoms with E-state index in [9.17, 15) is 28.8 Å². The number of nitrogens with one attached hydrogen (secondary N) is 2. The van der Waals surface area contributed by atoms with Crippen LogP contribution >= 0.6 is 23.5 Å². The molecule has 20 heteroatoms. The Morgan fingerprint density at radius 2 is 1.08 bits per heavy atom. The van der Waals surface area contributed by atoms with Crippen LogP contribution in [0.5, 0.6) is 0 Å². The lowest BCUT2D eigenvalue weighted by Crippen LogP contribution is -2.57. The fourth-order valence-electron chi connectivity index (χ4n) is 10.5. The lowest BCUT2D eigenvalue weighted by atomic mass is 9.97. The number of likely N-dealkylation sites (tertiary alicyclic amines) is 2. The standard InChI is InChI=1S/C59H76N8O10S2/c1-6-16-49(78-57-62-46-38-42-20-12-10-18-40(42)36-44(46)52(69)64(57)8-3)54(71)66-26-14-22-48(66)51(68)60-24-28-74-30-32-76-34-35-77-33-31-75-29-25-61-56(73)59(5)23-15-27-67(59)55(72)50(17-7-2)79-58-63-47-39-43-21-13-11-19-41(43)37-45(47)53(70)65(58)9-4/h10-13,18-21,36-39,48-50H,6-9,14-17,22-35H2,1-5H3,(H,60,68)(H,61,73)/t48-,49?,50?,59-/m1/s1. The van der Waals surface area contributed by atoms with E-state index in [0.29, 0.717) is 137 Å². The van der Waals surface area contributed by atoms with Crippen LogP contribution in [0.15, 0.2) is 92.7 Å². The first-order valence-corrected chi connectivity index (χ1v) is 29.8. The van der Waals surface area contributed by atoms with E-state index in [0.717, 1.165) is 40.8 Å². The maximum absolute atomic E-state index is 14.3. The maximum Gasteiger partial charge on any atom is 0.262 e. The second-order valence-electron chi connectivity index (χ2n) is 20.2. The van der Waals surface area contributed by atoms with Crippen molar-refractivity contribution < 1.29 is 38.1 Å². The minimum Gasteiger partial charge on any atom is -0.377 e.